The minimum atomic E-state index is 0.376. The van der Waals surface area contributed by atoms with Crippen LogP contribution >= 0.6 is 0 Å². The van der Waals surface area contributed by atoms with Gasteiger partial charge in [-0.25, -0.2) is 4.68 Å². The van der Waals surface area contributed by atoms with E-state index in [1.807, 2.05) is 29.8 Å². The summed E-state index contributed by atoms with van der Waals surface area (Å²) in [5.74, 6) is 2.13. The van der Waals surface area contributed by atoms with Gasteiger partial charge in [-0.1, -0.05) is 38.8 Å². The average Bonchev–Trinajstić information content (AvgIpc) is 2.94. The number of aryl methyl sites for hydroxylation is 1. The van der Waals surface area contributed by atoms with Crippen molar-refractivity contribution in [2.45, 2.75) is 46.1 Å². The van der Waals surface area contributed by atoms with E-state index < -0.39 is 0 Å². The second-order valence-corrected chi connectivity index (χ2v) is 6.35. The average molecular weight is 285 g/mol. The molecule has 5 heteroatoms. The van der Waals surface area contributed by atoms with E-state index in [9.17, 15) is 0 Å². The van der Waals surface area contributed by atoms with Crippen molar-refractivity contribution in [3.63, 3.8) is 0 Å². The molecule has 112 valence electrons. The number of nitrogen functional groups attached to an aromatic ring is 1. The van der Waals surface area contributed by atoms with Crippen LogP contribution < -0.4 is 5.73 Å². The molecule has 3 rings (SSSR count). The Labute approximate surface area is 125 Å². The van der Waals surface area contributed by atoms with Gasteiger partial charge in [0.1, 0.15) is 0 Å². The van der Waals surface area contributed by atoms with Crippen LogP contribution in [0.1, 0.15) is 44.7 Å². The van der Waals surface area contributed by atoms with Crippen molar-refractivity contribution in [2.24, 2.45) is 11.8 Å². The summed E-state index contributed by atoms with van der Waals surface area (Å²) >= 11 is 0. The molecular weight excluding hydrogens is 262 g/mol. The zero-order valence-corrected chi connectivity index (χ0v) is 13.0. The fraction of sp³-hybridized carbons (Fsp3) is 0.562. The fourth-order valence-corrected chi connectivity index (χ4v) is 3.29. The third kappa shape index (κ3) is 2.52. The molecule has 0 radical (unpaired) electrons. The van der Waals surface area contributed by atoms with Crippen molar-refractivity contribution in [1.29, 1.82) is 0 Å². The van der Waals surface area contributed by atoms with E-state index in [0.717, 1.165) is 29.1 Å². The standard InChI is InChI=1S/C16H23N5/c1-10-5-4-6-15(12(10)3)21-16(18-19-20-21)13-8-7-11(2)14(17)9-13/h7-10,12,15H,4-6,17H2,1-3H3. The summed E-state index contributed by atoms with van der Waals surface area (Å²) in [5.41, 5.74) is 8.89. The lowest BCUT2D eigenvalue weighted by Gasteiger charge is -2.34. The predicted octanol–water partition coefficient (Wildman–Crippen LogP) is 3.23. The van der Waals surface area contributed by atoms with Crippen molar-refractivity contribution in [3.05, 3.63) is 23.8 Å². The Morgan fingerprint density at radius 1 is 1.24 bits per heavy atom. The lowest BCUT2D eigenvalue weighted by Crippen LogP contribution is -2.28. The monoisotopic (exact) mass is 285 g/mol. The van der Waals surface area contributed by atoms with Crippen molar-refractivity contribution in [1.82, 2.24) is 20.2 Å². The van der Waals surface area contributed by atoms with E-state index in [2.05, 4.69) is 29.4 Å². The highest BCUT2D eigenvalue weighted by molar-refractivity contribution is 5.63. The highest BCUT2D eigenvalue weighted by atomic mass is 15.5. The first-order valence-electron chi connectivity index (χ1n) is 7.72. The Bertz CT molecular complexity index is 633. The Balaban J connectivity index is 1.98. The third-order valence-corrected chi connectivity index (χ3v) is 5.01. The zero-order chi connectivity index (χ0) is 15.0. The third-order valence-electron chi connectivity index (χ3n) is 5.01. The van der Waals surface area contributed by atoms with Gasteiger partial charge < -0.3 is 5.73 Å². The number of anilines is 1. The molecule has 1 fully saturated rings. The molecule has 2 aromatic rings. The molecule has 1 aliphatic carbocycles. The largest absolute Gasteiger partial charge is 0.398 e. The number of hydrogen-bond acceptors (Lipinski definition) is 4. The molecule has 0 aliphatic heterocycles. The topological polar surface area (TPSA) is 69.6 Å². The first-order chi connectivity index (χ1) is 10.1. The second kappa shape index (κ2) is 5.47. The molecule has 21 heavy (non-hydrogen) atoms. The SMILES string of the molecule is Cc1ccc(-c2nnnn2C2CCCC(C)C2C)cc1N. The highest BCUT2D eigenvalue weighted by Gasteiger charge is 2.31. The van der Waals surface area contributed by atoms with Gasteiger partial charge in [-0.15, -0.1) is 5.10 Å². The van der Waals surface area contributed by atoms with Gasteiger partial charge in [0.15, 0.2) is 5.82 Å². The predicted molar refractivity (Wildman–Crippen MR) is 83.6 cm³/mol. The smallest absolute Gasteiger partial charge is 0.182 e. The van der Waals surface area contributed by atoms with Gasteiger partial charge in [0, 0.05) is 11.3 Å². The van der Waals surface area contributed by atoms with Gasteiger partial charge in [0.05, 0.1) is 6.04 Å². The van der Waals surface area contributed by atoms with Gasteiger partial charge in [0.2, 0.25) is 0 Å². The summed E-state index contributed by atoms with van der Waals surface area (Å²) in [7, 11) is 0. The molecule has 5 nitrogen and oxygen atoms in total. The summed E-state index contributed by atoms with van der Waals surface area (Å²) in [4.78, 5) is 0. The van der Waals surface area contributed by atoms with Gasteiger partial charge in [-0.05, 0) is 47.2 Å². The maximum Gasteiger partial charge on any atom is 0.182 e. The van der Waals surface area contributed by atoms with E-state index in [4.69, 9.17) is 5.73 Å². The van der Waals surface area contributed by atoms with Crippen LogP contribution in [0.15, 0.2) is 18.2 Å². The number of rotatable bonds is 2. The van der Waals surface area contributed by atoms with Crippen LogP contribution in [0.25, 0.3) is 11.4 Å². The molecule has 1 aromatic carbocycles. The maximum atomic E-state index is 6.03. The molecule has 0 bridgehead atoms. The van der Waals surface area contributed by atoms with Crippen LogP contribution in [0.4, 0.5) is 5.69 Å². The number of nitrogens with two attached hydrogens (primary N) is 1. The Morgan fingerprint density at radius 3 is 2.81 bits per heavy atom. The van der Waals surface area contributed by atoms with Crippen LogP contribution in [0.5, 0.6) is 0 Å². The maximum absolute atomic E-state index is 6.03. The molecule has 3 atom stereocenters. The molecule has 1 saturated carbocycles. The van der Waals surface area contributed by atoms with Crippen LogP contribution in [-0.2, 0) is 0 Å². The summed E-state index contributed by atoms with van der Waals surface area (Å²) in [6, 6.07) is 6.41. The molecule has 0 saturated heterocycles. The van der Waals surface area contributed by atoms with Gasteiger partial charge in [0.25, 0.3) is 0 Å². The minimum absolute atomic E-state index is 0.376. The first kappa shape index (κ1) is 14.0. The minimum Gasteiger partial charge on any atom is -0.398 e. The van der Waals surface area contributed by atoms with Crippen LogP contribution in [0.3, 0.4) is 0 Å². The molecule has 1 aromatic heterocycles. The molecule has 1 heterocycles. The summed E-state index contributed by atoms with van der Waals surface area (Å²) < 4.78 is 2.00. The summed E-state index contributed by atoms with van der Waals surface area (Å²) in [6.45, 7) is 6.64. The van der Waals surface area contributed by atoms with Crippen LogP contribution in [-0.4, -0.2) is 20.2 Å². The highest BCUT2D eigenvalue weighted by Crippen LogP contribution is 2.38. The fourth-order valence-electron chi connectivity index (χ4n) is 3.29. The molecule has 1 aliphatic rings. The number of tetrazole rings is 1. The quantitative estimate of drug-likeness (QED) is 0.860. The molecular formula is C16H23N5. The van der Waals surface area contributed by atoms with Crippen molar-refractivity contribution in [2.75, 3.05) is 5.73 Å². The zero-order valence-electron chi connectivity index (χ0n) is 13.0. The number of benzene rings is 1. The molecule has 2 N–H and O–H groups in total. The van der Waals surface area contributed by atoms with Crippen molar-refractivity contribution < 1.29 is 0 Å². The van der Waals surface area contributed by atoms with E-state index in [1.165, 1.54) is 12.8 Å². The van der Waals surface area contributed by atoms with Crippen LogP contribution in [0.2, 0.25) is 0 Å². The van der Waals surface area contributed by atoms with Gasteiger partial charge >= 0.3 is 0 Å². The Kier molecular flexibility index (Phi) is 3.66. The normalized spacial score (nSPS) is 26.0. The van der Waals surface area contributed by atoms with E-state index in [1.54, 1.807) is 0 Å². The number of nitrogens with zero attached hydrogens (tertiary/aromatic N) is 4. The molecule has 0 amide bonds. The van der Waals surface area contributed by atoms with E-state index >= 15 is 0 Å². The molecule has 3 unspecified atom stereocenters. The van der Waals surface area contributed by atoms with Gasteiger partial charge in [-0.3, -0.25) is 0 Å². The first-order valence-corrected chi connectivity index (χ1v) is 7.72. The molecule has 0 spiro atoms. The summed E-state index contributed by atoms with van der Waals surface area (Å²) in [5, 5.41) is 12.4. The number of hydrogen-bond donors (Lipinski definition) is 1. The van der Waals surface area contributed by atoms with Crippen molar-refractivity contribution in [3.8, 4) is 11.4 Å². The Morgan fingerprint density at radius 2 is 2.05 bits per heavy atom. The van der Waals surface area contributed by atoms with Crippen molar-refractivity contribution >= 4 is 5.69 Å². The lowest BCUT2D eigenvalue weighted by molar-refractivity contribution is 0.174. The van der Waals surface area contributed by atoms with Gasteiger partial charge in [-0.2, -0.15) is 0 Å². The van der Waals surface area contributed by atoms with Crippen LogP contribution in [0, 0.1) is 18.8 Å². The van der Waals surface area contributed by atoms with E-state index in [0.29, 0.717) is 17.9 Å². The van der Waals surface area contributed by atoms with E-state index in [-0.39, 0.29) is 0 Å². The Hall–Kier alpha value is -1.91. The number of aromatic nitrogens is 4. The second-order valence-electron chi connectivity index (χ2n) is 6.35. The lowest BCUT2D eigenvalue weighted by atomic mass is 9.78. The summed E-state index contributed by atoms with van der Waals surface area (Å²) in [6.07, 6.45) is 3.68.